The number of methoxy groups -OCH3 is 1. The van der Waals surface area contributed by atoms with Gasteiger partial charge >= 0.3 is 0 Å². The van der Waals surface area contributed by atoms with Crippen LogP contribution < -0.4 is 14.8 Å². The predicted molar refractivity (Wildman–Crippen MR) is 117 cm³/mol. The number of hydrogen-bond acceptors (Lipinski definition) is 4. The van der Waals surface area contributed by atoms with Crippen LogP contribution in [0.25, 0.3) is 0 Å². The van der Waals surface area contributed by atoms with E-state index >= 15 is 0 Å². The maximum Gasteiger partial charge on any atom is 0.265 e. The van der Waals surface area contributed by atoms with Crippen LogP contribution in [0.4, 0.5) is 11.4 Å². The number of benzene rings is 3. The minimum absolute atomic E-state index is 0.125. The molecule has 0 aromatic heterocycles. The molecular formula is C21H19BrN2O4S. The van der Waals surface area contributed by atoms with E-state index in [9.17, 15) is 13.2 Å². The zero-order chi connectivity index (χ0) is 21.0. The Balaban J connectivity index is 1.90. The van der Waals surface area contributed by atoms with Crippen molar-refractivity contribution in [2.75, 3.05) is 17.1 Å². The molecule has 2 N–H and O–H groups in total. The van der Waals surface area contributed by atoms with Crippen molar-refractivity contribution in [2.24, 2.45) is 0 Å². The van der Waals surface area contributed by atoms with E-state index in [2.05, 4.69) is 26.0 Å². The molecule has 0 spiro atoms. The molecule has 0 unspecified atom stereocenters. The quantitative estimate of drug-likeness (QED) is 0.536. The molecular weight excluding hydrogens is 456 g/mol. The lowest BCUT2D eigenvalue weighted by Gasteiger charge is -2.13. The Hall–Kier alpha value is -2.84. The van der Waals surface area contributed by atoms with Crippen LogP contribution >= 0.6 is 15.9 Å². The molecule has 3 rings (SSSR count). The topological polar surface area (TPSA) is 84.5 Å². The molecule has 0 fully saturated rings. The Morgan fingerprint density at radius 1 is 0.931 bits per heavy atom. The molecule has 0 aliphatic carbocycles. The van der Waals surface area contributed by atoms with Gasteiger partial charge in [-0.05, 0) is 61.5 Å². The highest BCUT2D eigenvalue weighted by Gasteiger charge is 2.22. The van der Waals surface area contributed by atoms with Crippen LogP contribution in [-0.2, 0) is 10.0 Å². The third-order valence-corrected chi connectivity index (χ3v) is 6.05. The Bertz CT molecular complexity index is 1130. The van der Waals surface area contributed by atoms with Crippen LogP contribution in [-0.4, -0.2) is 21.4 Å². The van der Waals surface area contributed by atoms with Gasteiger partial charge in [0.25, 0.3) is 15.9 Å². The van der Waals surface area contributed by atoms with E-state index in [-0.39, 0.29) is 16.2 Å². The molecule has 0 bridgehead atoms. The largest absolute Gasteiger partial charge is 0.495 e. The van der Waals surface area contributed by atoms with Gasteiger partial charge in [0.05, 0.1) is 7.11 Å². The molecule has 0 aliphatic heterocycles. The van der Waals surface area contributed by atoms with E-state index in [1.165, 1.54) is 25.3 Å². The smallest absolute Gasteiger partial charge is 0.265 e. The lowest BCUT2D eigenvalue weighted by Crippen LogP contribution is -2.17. The fourth-order valence-corrected chi connectivity index (χ4v) is 4.12. The highest BCUT2D eigenvalue weighted by Crippen LogP contribution is 2.28. The van der Waals surface area contributed by atoms with Gasteiger partial charge in [0.2, 0.25) is 0 Å². The summed E-state index contributed by atoms with van der Waals surface area (Å²) in [7, 11) is -2.60. The van der Waals surface area contributed by atoms with Gasteiger partial charge in [0.15, 0.2) is 0 Å². The lowest BCUT2D eigenvalue weighted by atomic mass is 10.2. The van der Waals surface area contributed by atoms with Gasteiger partial charge in [-0.25, -0.2) is 8.42 Å². The van der Waals surface area contributed by atoms with Crippen LogP contribution in [0, 0.1) is 6.92 Å². The Morgan fingerprint density at radius 3 is 2.17 bits per heavy atom. The van der Waals surface area contributed by atoms with Gasteiger partial charge in [-0.2, -0.15) is 0 Å². The molecule has 3 aromatic rings. The molecule has 3 aromatic carbocycles. The fourth-order valence-electron chi connectivity index (χ4n) is 2.60. The second-order valence-corrected chi connectivity index (χ2v) is 8.86. The van der Waals surface area contributed by atoms with Gasteiger partial charge in [-0.1, -0.05) is 33.6 Å². The monoisotopic (exact) mass is 474 g/mol. The number of hydrogen-bond donors (Lipinski definition) is 2. The van der Waals surface area contributed by atoms with E-state index in [4.69, 9.17) is 4.74 Å². The van der Waals surface area contributed by atoms with Crippen molar-refractivity contribution in [2.45, 2.75) is 11.8 Å². The number of aryl methyl sites for hydroxylation is 1. The number of nitrogens with one attached hydrogen (secondary N) is 2. The number of ether oxygens (including phenoxy) is 1. The van der Waals surface area contributed by atoms with Gasteiger partial charge in [0, 0.05) is 21.4 Å². The van der Waals surface area contributed by atoms with Crippen molar-refractivity contribution in [3.63, 3.8) is 0 Å². The zero-order valence-corrected chi connectivity index (χ0v) is 18.2. The second-order valence-electron chi connectivity index (χ2n) is 6.30. The van der Waals surface area contributed by atoms with Crippen molar-refractivity contribution in [1.29, 1.82) is 0 Å². The molecule has 0 heterocycles. The minimum Gasteiger partial charge on any atom is -0.495 e. The van der Waals surface area contributed by atoms with Crippen LogP contribution in [0.1, 0.15) is 15.9 Å². The second kappa shape index (κ2) is 8.67. The average molecular weight is 475 g/mol. The summed E-state index contributed by atoms with van der Waals surface area (Å²) in [6, 6.07) is 18.3. The molecule has 0 saturated heterocycles. The first-order chi connectivity index (χ1) is 13.8. The maximum atomic E-state index is 12.9. The molecule has 6 nitrogen and oxygen atoms in total. The number of amides is 1. The van der Waals surface area contributed by atoms with Gasteiger partial charge in [-0.15, -0.1) is 0 Å². The summed E-state index contributed by atoms with van der Waals surface area (Å²) < 4.78 is 34.3. The highest BCUT2D eigenvalue weighted by atomic mass is 79.9. The van der Waals surface area contributed by atoms with Gasteiger partial charge in [0.1, 0.15) is 10.6 Å². The van der Waals surface area contributed by atoms with Gasteiger partial charge < -0.3 is 10.1 Å². The molecule has 0 radical (unpaired) electrons. The molecule has 0 aliphatic rings. The molecule has 0 saturated carbocycles. The lowest BCUT2D eigenvalue weighted by molar-refractivity contribution is 0.102. The summed E-state index contributed by atoms with van der Waals surface area (Å²) in [5, 5.41) is 2.76. The maximum absolute atomic E-state index is 12.9. The first-order valence-corrected chi connectivity index (χ1v) is 10.9. The van der Waals surface area contributed by atoms with Crippen molar-refractivity contribution >= 4 is 43.2 Å². The summed E-state index contributed by atoms with van der Waals surface area (Å²) in [4.78, 5) is 12.5. The number of halogens is 1. The highest BCUT2D eigenvalue weighted by molar-refractivity contribution is 9.10. The number of anilines is 2. The van der Waals surface area contributed by atoms with Crippen LogP contribution in [0.3, 0.4) is 0 Å². The van der Waals surface area contributed by atoms with Crippen molar-refractivity contribution in [1.82, 2.24) is 0 Å². The first-order valence-electron chi connectivity index (χ1n) is 8.63. The fraction of sp³-hybridized carbons (Fsp3) is 0.0952. The number of carbonyl (C=O) groups excluding carboxylic acids is 1. The zero-order valence-electron chi connectivity index (χ0n) is 15.8. The van der Waals surface area contributed by atoms with E-state index in [1.54, 1.807) is 36.4 Å². The average Bonchev–Trinajstić information content (AvgIpc) is 2.70. The molecule has 150 valence electrons. The van der Waals surface area contributed by atoms with Gasteiger partial charge in [-0.3, -0.25) is 9.52 Å². The minimum atomic E-state index is -3.97. The molecule has 0 atom stereocenters. The Labute approximate surface area is 178 Å². The summed E-state index contributed by atoms with van der Waals surface area (Å²) >= 11 is 3.31. The van der Waals surface area contributed by atoms with E-state index in [0.29, 0.717) is 11.4 Å². The van der Waals surface area contributed by atoms with Crippen LogP contribution in [0.2, 0.25) is 0 Å². The third-order valence-electron chi connectivity index (χ3n) is 4.12. The van der Waals surface area contributed by atoms with E-state index in [1.807, 2.05) is 19.1 Å². The Kier molecular flexibility index (Phi) is 6.24. The van der Waals surface area contributed by atoms with Crippen LogP contribution in [0.15, 0.2) is 76.1 Å². The molecule has 29 heavy (non-hydrogen) atoms. The number of sulfonamides is 1. The first kappa shape index (κ1) is 20.9. The summed E-state index contributed by atoms with van der Waals surface area (Å²) in [6.07, 6.45) is 0. The number of carbonyl (C=O) groups is 1. The summed E-state index contributed by atoms with van der Waals surface area (Å²) in [5.74, 6) is -0.280. The van der Waals surface area contributed by atoms with Crippen molar-refractivity contribution in [3.8, 4) is 5.75 Å². The third kappa shape index (κ3) is 5.16. The normalized spacial score (nSPS) is 11.0. The van der Waals surface area contributed by atoms with Crippen LogP contribution in [0.5, 0.6) is 5.75 Å². The van der Waals surface area contributed by atoms with Crippen molar-refractivity contribution in [3.05, 3.63) is 82.3 Å². The van der Waals surface area contributed by atoms with Crippen molar-refractivity contribution < 1.29 is 17.9 Å². The predicted octanol–water partition coefficient (Wildman–Crippen LogP) is 4.82. The molecule has 8 heteroatoms. The molecule has 1 amide bonds. The van der Waals surface area contributed by atoms with E-state index < -0.39 is 15.9 Å². The summed E-state index contributed by atoms with van der Waals surface area (Å²) in [6.45, 7) is 1.95. The standard InChI is InChI=1S/C21H19BrN2O4S/c1-14-3-8-17(9-4-14)23-21(25)15-5-12-19(28-2)20(13-15)29(26,27)24-18-10-6-16(22)7-11-18/h3-13,24H,1-2H3,(H,23,25). The SMILES string of the molecule is COc1ccc(C(=O)Nc2ccc(C)cc2)cc1S(=O)(=O)Nc1ccc(Br)cc1. The number of rotatable bonds is 6. The Morgan fingerprint density at radius 2 is 1.55 bits per heavy atom. The summed E-state index contributed by atoms with van der Waals surface area (Å²) in [5.41, 5.74) is 2.28. The van der Waals surface area contributed by atoms with E-state index in [0.717, 1.165) is 10.0 Å².